The highest BCUT2D eigenvalue weighted by atomic mass is 32.2. The molecule has 0 bridgehead atoms. The Balaban J connectivity index is 1.88. The Hall–Kier alpha value is -2.52. The van der Waals surface area contributed by atoms with Crippen molar-refractivity contribution < 1.29 is 4.79 Å². The van der Waals surface area contributed by atoms with Gasteiger partial charge in [0.15, 0.2) is 0 Å². The van der Waals surface area contributed by atoms with Gasteiger partial charge in [0.25, 0.3) is 5.91 Å². The average Bonchev–Trinajstić information content (AvgIpc) is 2.90. The number of fused-ring (bicyclic) bond motifs is 3. The van der Waals surface area contributed by atoms with Gasteiger partial charge in [0.2, 0.25) is 0 Å². The van der Waals surface area contributed by atoms with Crippen molar-refractivity contribution in [3.8, 4) is 11.1 Å². The van der Waals surface area contributed by atoms with Crippen LogP contribution in [0.25, 0.3) is 11.1 Å². The van der Waals surface area contributed by atoms with Gasteiger partial charge < -0.3 is 0 Å². The van der Waals surface area contributed by atoms with E-state index in [-0.39, 0.29) is 5.91 Å². The van der Waals surface area contributed by atoms with Gasteiger partial charge in [-0.2, -0.15) is 4.36 Å². The molecule has 1 heterocycles. The maximum absolute atomic E-state index is 12.5. The smallest absolute Gasteiger partial charge is 0.266 e. The molecule has 1 amide bonds. The Bertz CT molecular complexity index is 853. The van der Waals surface area contributed by atoms with Crippen molar-refractivity contribution in [2.45, 2.75) is 9.79 Å². The minimum atomic E-state index is -0.532. The molecule has 1 aliphatic heterocycles. The van der Waals surface area contributed by atoms with Crippen molar-refractivity contribution in [1.82, 2.24) is 0 Å². The topological polar surface area (TPSA) is 29.4 Å². The maximum atomic E-state index is 12.5. The van der Waals surface area contributed by atoms with Crippen molar-refractivity contribution in [3.05, 3.63) is 84.4 Å². The van der Waals surface area contributed by atoms with E-state index in [1.807, 2.05) is 54.6 Å². The van der Waals surface area contributed by atoms with Gasteiger partial charge in [-0.1, -0.05) is 54.6 Å². The van der Waals surface area contributed by atoms with Crippen LogP contribution in [0.15, 0.2) is 93.0 Å². The lowest BCUT2D eigenvalue weighted by Gasteiger charge is -2.02. The van der Waals surface area contributed by atoms with Gasteiger partial charge in [0.1, 0.15) is 0 Å². The molecule has 4 rings (SSSR count). The fraction of sp³-hybridized carbons (Fsp3) is 0. The SMILES string of the molecule is O=C(N=S1c2ccccc2-c2ccccc21)c1ccccc1. The van der Waals surface area contributed by atoms with Crippen molar-refractivity contribution in [2.24, 2.45) is 4.36 Å². The highest BCUT2D eigenvalue weighted by molar-refractivity contribution is 7.88. The van der Waals surface area contributed by atoms with Crippen molar-refractivity contribution in [1.29, 1.82) is 0 Å². The third-order valence-corrected chi connectivity index (χ3v) is 5.57. The van der Waals surface area contributed by atoms with E-state index in [1.54, 1.807) is 0 Å². The van der Waals surface area contributed by atoms with Crippen molar-refractivity contribution >= 4 is 16.6 Å². The minimum Gasteiger partial charge on any atom is -0.266 e. The number of amides is 1. The minimum absolute atomic E-state index is 0.157. The van der Waals surface area contributed by atoms with Crippen LogP contribution in [-0.2, 0) is 10.7 Å². The van der Waals surface area contributed by atoms with Crippen LogP contribution >= 0.6 is 0 Å². The van der Waals surface area contributed by atoms with Gasteiger partial charge in [-0.05, 0) is 46.1 Å². The van der Waals surface area contributed by atoms with E-state index >= 15 is 0 Å². The van der Waals surface area contributed by atoms with E-state index in [4.69, 9.17) is 0 Å². The van der Waals surface area contributed by atoms with Crippen LogP contribution in [0.3, 0.4) is 0 Å². The number of carbonyl (C=O) groups excluding carboxylic acids is 1. The summed E-state index contributed by atoms with van der Waals surface area (Å²) < 4.78 is 4.52. The van der Waals surface area contributed by atoms with Crippen LogP contribution < -0.4 is 0 Å². The Labute approximate surface area is 131 Å². The Kier molecular flexibility index (Phi) is 3.20. The first-order chi connectivity index (χ1) is 10.8. The first-order valence-corrected chi connectivity index (χ1v) is 8.27. The third kappa shape index (κ3) is 2.11. The van der Waals surface area contributed by atoms with Crippen LogP contribution in [0, 0.1) is 0 Å². The number of carbonyl (C=O) groups is 1. The zero-order valence-electron chi connectivity index (χ0n) is 11.8. The molecule has 0 saturated carbocycles. The molecule has 0 unspecified atom stereocenters. The van der Waals surface area contributed by atoms with E-state index in [0.29, 0.717) is 5.56 Å². The standard InChI is InChI=1S/C19H13NOS/c21-19(14-8-2-1-3-9-14)20-22-17-12-6-4-10-15(17)16-11-5-7-13-18(16)22/h1-13H. The maximum Gasteiger partial charge on any atom is 0.283 e. The fourth-order valence-corrected chi connectivity index (χ4v) is 4.54. The Morgan fingerprint density at radius 2 is 1.18 bits per heavy atom. The molecule has 0 spiro atoms. The summed E-state index contributed by atoms with van der Waals surface area (Å²) in [5, 5.41) is 0. The molecular formula is C19H13NOS. The van der Waals surface area contributed by atoms with Crippen LogP contribution in [0.1, 0.15) is 10.4 Å². The predicted molar refractivity (Wildman–Crippen MR) is 89.0 cm³/mol. The summed E-state index contributed by atoms with van der Waals surface area (Å²) in [6, 6.07) is 25.7. The first kappa shape index (κ1) is 13.2. The molecule has 0 fully saturated rings. The summed E-state index contributed by atoms with van der Waals surface area (Å²) in [6.45, 7) is 0. The molecule has 3 heteroatoms. The second kappa shape index (κ2) is 5.35. The summed E-state index contributed by atoms with van der Waals surface area (Å²) in [6.07, 6.45) is 0. The second-order valence-electron chi connectivity index (χ2n) is 5.04. The van der Waals surface area contributed by atoms with Crippen LogP contribution in [0.2, 0.25) is 0 Å². The molecule has 3 aromatic carbocycles. The number of hydrogen-bond donors (Lipinski definition) is 0. The Morgan fingerprint density at radius 3 is 1.77 bits per heavy atom. The largest absolute Gasteiger partial charge is 0.283 e. The zero-order valence-corrected chi connectivity index (χ0v) is 12.6. The average molecular weight is 303 g/mol. The van der Waals surface area contributed by atoms with E-state index in [0.717, 1.165) is 9.79 Å². The molecular weight excluding hydrogens is 290 g/mol. The quantitative estimate of drug-likeness (QED) is 0.500. The number of rotatable bonds is 1. The number of benzene rings is 3. The van der Waals surface area contributed by atoms with Gasteiger partial charge in [0, 0.05) is 15.4 Å². The number of nitrogens with zero attached hydrogens (tertiary/aromatic N) is 1. The zero-order chi connectivity index (χ0) is 14.9. The molecule has 0 saturated heterocycles. The second-order valence-corrected chi connectivity index (χ2v) is 6.67. The molecule has 0 radical (unpaired) electrons. The fourth-order valence-electron chi connectivity index (χ4n) is 2.65. The third-order valence-electron chi connectivity index (χ3n) is 3.68. The molecule has 106 valence electrons. The molecule has 0 aromatic heterocycles. The van der Waals surface area contributed by atoms with E-state index in [9.17, 15) is 4.79 Å². The molecule has 0 atom stereocenters. The molecule has 2 nitrogen and oxygen atoms in total. The lowest BCUT2D eigenvalue weighted by atomic mass is 10.1. The van der Waals surface area contributed by atoms with Gasteiger partial charge in [-0.3, -0.25) is 4.79 Å². The first-order valence-electron chi connectivity index (χ1n) is 7.08. The van der Waals surface area contributed by atoms with E-state index in [1.165, 1.54) is 11.1 Å². The van der Waals surface area contributed by atoms with Crippen molar-refractivity contribution in [3.63, 3.8) is 0 Å². The summed E-state index contributed by atoms with van der Waals surface area (Å²) in [4.78, 5) is 14.7. The van der Waals surface area contributed by atoms with Crippen LogP contribution in [-0.4, -0.2) is 5.91 Å². The number of hydrogen-bond acceptors (Lipinski definition) is 1. The molecule has 1 aliphatic rings. The molecule has 0 N–H and O–H groups in total. The molecule has 0 aliphatic carbocycles. The molecule has 3 aromatic rings. The highest BCUT2D eigenvalue weighted by Crippen LogP contribution is 2.41. The van der Waals surface area contributed by atoms with Gasteiger partial charge in [-0.25, -0.2) is 0 Å². The lowest BCUT2D eigenvalue weighted by molar-refractivity contribution is 0.101. The summed E-state index contributed by atoms with van der Waals surface area (Å²) in [5.74, 6) is -0.157. The van der Waals surface area contributed by atoms with E-state index < -0.39 is 10.7 Å². The van der Waals surface area contributed by atoms with Gasteiger partial charge >= 0.3 is 0 Å². The summed E-state index contributed by atoms with van der Waals surface area (Å²) in [7, 11) is -0.532. The predicted octanol–water partition coefficient (Wildman–Crippen LogP) is 4.73. The van der Waals surface area contributed by atoms with Gasteiger partial charge in [0.05, 0.1) is 0 Å². The summed E-state index contributed by atoms with van der Waals surface area (Å²) >= 11 is 0. The molecule has 22 heavy (non-hydrogen) atoms. The van der Waals surface area contributed by atoms with Crippen molar-refractivity contribution in [2.75, 3.05) is 0 Å². The highest BCUT2D eigenvalue weighted by Gasteiger charge is 2.23. The van der Waals surface area contributed by atoms with E-state index in [2.05, 4.69) is 28.6 Å². The summed E-state index contributed by atoms with van der Waals surface area (Å²) in [5.41, 5.74) is 3.01. The monoisotopic (exact) mass is 303 g/mol. The van der Waals surface area contributed by atoms with Crippen LogP contribution in [0.4, 0.5) is 0 Å². The van der Waals surface area contributed by atoms with Gasteiger partial charge in [-0.15, -0.1) is 0 Å². The Morgan fingerprint density at radius 1 is 0.682 bits per heavy atom. The van der Waals surface area contributed by atoms with Crippen LogP contribution in [0.5, 0.6) is 0 Å². The lowest BCUT2D eigenvalue weighted by Crippen LogP contribution is -1.98. The normalized spacial score (nSPS) is 12.5.